The first-order valence-corrected chi connectivity index (χ1v) is 14.8. The Morgan fingerprint density at radius 2 is 1.91 bits per heavy atom. The minimum Gasteiger partial charge on any atom is -0.493 e. The van der Waals surface area contributed by atoms with Crippen LogP contribution in [-0.2, 0) is 36.9 Å². The van der Waals surface area contributed by atoms with Crippen LogP contribution in [0.4, 0.5) is 0 Å². The van der Waals surface area contributed by atoms with Crippen LogP contribution in [0.5, 0.6) is 17.2 Å². The molecule has 2 heterocycles. The largest absolute Gasteiger partial charge is 0.493 e. The number of amides is 3. The van der Waals surface area contributed by atoms with E-state index in [9.17, 15) is 14.4 Å². The number of aryl methyl sites for hydroxylation is 1. The Labute approximate surface area is 254 Å². The second-order valence-electron chi connectivity index (χ2n) is 11.3. The molecule has 0 aromatic heterocycles. The van der Waals surface area contributed by atoms with Gasteiger partial charge in [0.25, 0.3) is 0 Å². The van der Waals surface area contributed by atoms with Gasteiger partial charge >= 0.3 is 0 Å². The van der Waals surface area contributed by atoms with E-state index in [1.807, 2.05) is 61.5 Å². The lowest BCUT2D eigenvalue weighted by molar-refractivity contribution is -0.137. The molecule has 2 aliphatic rings. The molecule has 0 spiro atoms. The van der Waals surface area contributed by atoms with Crippen LogP contribution in [0, 0.1) is 0 Å². The smallest absolute Gasteiger partial charge is 0.239 e. The zero-order valence-corrected chi connectivity index (χ0v) is 25.7. The second-order valence-corrected chi connectivity index (χ2v) is 11.3. The molecule has 0 radical (unpaired) electrons. The molecule has 2 aromatic rings. The van der Waals surface area contributed by atoms with E-state index < -0.39 is 12.1 Å². The number of ether oxygens (including phenoxy) is 4. The maximum Gasteiger partial charge on any atom is 0.239 e. The van der Waals surface area contributed by atoms with Gasteiger partial charge in [0.2, 0.25) is 17.7 Å². The highest BCUT2D eigenvalue weighted by Gasteiger charge is 2.37. The van der Waals surface area contributed by atoms with Crippen molar-refractivity contribution in [1.82, 2.24) is 20.0 Å². The Bertz CT molecular complexity index is 1250. The molecule has 1 saturated heterocycles. The summed E-state index contributed by atoms with van der Waals surface area (Å²) in [6.45, 7) is 2.29. The molecule has 43 heavy (non-hydrogen) atoms. The van der Waals surface area contributed by atoms with Crippen molar-refractivity contribution in [3.05, 3.63) is 53.6 Å². The Morgan fingerprint density at radius 1 is 1.07 bits per heavy atom. The first kappa shape index (κ1) is 32.2. The summed E-state index contributed by atoms with van der Waals surface area (Å²) in [5, 5.41) is 3.05. The first-order chi connectivity index (χ1) is 20.7. The first-order valence-electron chi connectivity index (χ1n) is 14.8. The topological polar surface area (TPSA) is 110 Å². The van der Waals surface area contributed by atoms with E-state index in [-0.39, 0.29) is 43.8 Å². The highest BCUT2D eigenvalue weighted by Crippen LogP contribution is 2.33. The monoisotopic (exact) mass is 596 g/mol. The molecule has 234 valence electrons. The van der Waals surface area contributed by atoms with Gasteiger partial charge in [0.15, 0.2) is 11.5 Å². The summed E-state index contributed by atoms with van der Waals surface area (Å²) in [4.78, 5) is 44.9. The number of methoxy groups -OCH3 is 2. The Balaban J connectivity index is 1.58. The molecule has 0 unspecified atom stereocenters. The van der Waals surface area contributed by atoms with Crippen LogP contribution < -0.4 is 14.8 Å². The van der Waals surface area contributed by atoms with E-state index in [1.54, 1.807) is 19.1 Å². The van der Waals surface area contributed by atoms with Crippen molar-refractivity contribution in [3.63, 3.8) is 0 Å². The SMILES string of the molecule is COCCN1CC(=O)N[C@H]2CN(C(=O)CCCN(C)C)C[C@@H]2OCc2cccc(c2)Oc2cc(ccc2OC)CCC1=O. The molecule has 11 nitrogen and oxygen atoms in total. The van der Waals surface area contributed by atoms with Crippen LogP contribution in [0.25, 0.3) is 0 Å². The maximum atomic E-state index is 13.3. The van der Waals surface area contributed by atoms with E-state index in [0.717, 1.165) is 24.1 Å². The minimum atomic E-state index is -0.412. The summed E-state index contributed by atoms with van der Waals surface area (Å²) in [6, 6.07) is 12.8. The number of hydrogen-bond acceptors (Lipinski definition) is 8. The second kappa shape index (κ2) is 15.7. The van der Waals surface area contributed by atoms with Gasteiger partial charge < -0.3 is 39.0 Å². The van der Waals surface area contributed by atoms with Crippen LogP contribution in [-0.4, -0.2) is 112 Å². The molecule has 0 saturated carbocycles. The van der Waals surface area contributed by atoms with Gasteiger partial charge in [-0.15, -0.1) is 0 Å². The number of hydrogen-bond donors (Lipinski definition) is 1. The van der Waals surface area contributed by atoms with Crippen molar-refractivity contribution in [3.8, 4) is 17.2 Å². The molecule has 1 N–H and O–H groups in total. The Hall–Kier alpha value is -3.67. The van der Waals surface area contributed by atoms with Gasteiger partial charge in [-0.3, -0.25) is 14.4 Å². The lowest BCUT2D eigenvalue weighted by atomic mass is 10.1. The Kier molecular flexibility index (Phi) is 11.8. The number of carbonyl (C=O) groups excluding carboxylic acids is 3. The van der Waals surface area contributed by atoms with Crippen LogP contribution in [0.15, 0.2) is 42.5 Å². The van der Waals surface area contributed by atoms with E-state index >= 15 is 0 Å². The third-order valence-electron chi connectivity index (χ3n) is 7.66. The van der Waals surface area contributed by atoms with Crippen LogP contribution in [0.2, 0.25) is 0 Å². The molecule has 0 aliphatic carbocycles. The third-order valence-corrected chi connectivity index (χ3v) is 7.66. The summed E-state index contributed by atoms with van der Waals surface area (Å²) in [7, 11) is 7.11. The molecule has 2 atom stereocenters. The molecule has 2 aliphatic heterocycles. The highest BCUT2D eigenvalue weighted by molar-refractivity contribution is 5.85. The molecule has 2 aromatic carbocycles. The quantitative estimate of drug-likeness (QED) is 0.495. The zero-order valence-electron chi connectivity index (χ0n) is 25.7. The number of nitrogens with one attached hydrogen (secondary N) is 1. The van der Waals surface area contributed by atoms with Crippen molar-refractivity contribution >= 4 is 17.7 Å². The number of fused-ring (bicyclic) bond motifs is 5. The summed E-state index contributed by atoms with van der Waals surface area (Å²) in [6.07, 6.45) is 1.44. The minimum absolute atomic E-state index is 0.0357. The molecule has 4 rings (SSSR count). The van der Waals surface area contributed by atoms with E-state index in [2.05, 4.69) is 5.32 Å². The van der Waals surface area contributed by atoms with Gasteiger partial charge in [0, 0.05) is 39.6 Å². The molecule has 4 bridgehead atoms. The lowest BCUT2D eigenvalue weighted by Gasteiger charge is -2.25. The summed E-state index contributed by atoms with van der Waals surface area (Å²) in [5.41, 5.74) is 1.80. The van der Waals surface area contributed by atoms with Crippen LogP contribution in [0.1, 0.15) is 30.4 Å². The number of likely N-dealkylation sites (tertiary alicyclic amines) is 1. The predicted molar refractivity (Wildman–Crippen MR) is 161 cm³/mol. The fourth-order valence-corrected chi connectivity index (χ4v) is 5.30. The lowest BCUT2D eigenvalue weighted by Crippen LogP contribution is -2.49. The molecular weight excluding hydrogens is 552 g/mol. The number of rotatable bonds is 8. The fraction of sp³-hybridized carbons (Fsp3) is 0.531. The third kappa shape index (κ3) is 9.41. The van der Waals surface area contributed by atoms with E-state index in [0.29, 0.717) is 49.8 Å². The predicted octanol–water partition coefficient (Wildman–Crippen LogP) is 2.46. The van der Waals surface area contributed by atoms with Gasteiger partial charge in [-0.25, -0.2) is 0 Å². The van der Waals surface area contributed by atoms with Crippen LogP contribution >= 0.6 is 0 Å². The fourth-order valence-electron chi connectivity index (χ4n) is 5.30. The van der Waals surface area contributed by atoms with Gasteiger partial charge in [-0.05, 0) is 68.9 Å². The molecule has 1 fully saturated rings. The van der Waals surface area contributed by atoms with Crippen molar-refractivity contribution in [2.75, 3.05) is 67.6 Å². The standard InChI is InChI=1S/C32H44N4O7/c1-34(2)14-6-9-31(38)36-19-26-29(20-36)42-22-24-7-5-8-25(17-24)43-28-18-23(10-12-27(28)41-4)11-13-32(39)35(15-16-40-3)21-30(37)33-26/h5,7-8,10,12,17-18,26,29H,6,9,11,13-16,19-22H2,1-4H3,(H,33,37)/t26-,29-/m0/s1. The summed E-state index contributed by atoms with van der Waals surface area (Å²) in [5.74, 6) is 1.32. The van der Waals surface area contributed by atoms with E-state index in [4.69, 9.17) is 18.9 Å². The summed E-state index contributed by atoms with van der Waals surface area (Å²) >= 11 is 0. The number of benzene rings is 2. The van der Waals surface area contributed by atoms with Gasteiger partial charge in [0.05, 0.1) is 39.0 Å². The maximum absolute atomic E-state index is 13.3. The Morgan fingerprint density at radius 3 is 2.67 bits per heavy atom. The average molecular weight is 597 g/mol. The summed E-state index contributed by atoms with van der Waals surface area (Å²) < 4.78 is 23.3. The van der Waals surface area contributed by atoms with Gasteiger partial charge in [-0.2, -0.15) is 0 Å². The molecule has 11 heteroatoms. The molecular formula is C32H44N4O7. The zero-order chi connectivity index (χ0) is 30.8. The number of nitrogens with zero attached hydrogens (tertiary/aromatic N) is 3. The van der Waals surface area contributed by atoms with Crippen molar-refractivity contribution < 1.29 is 33.3 Å². The highest BCUT2D eigenvalue weighted by atomic mass is 16.5. The number of carbonyl (C=O) groups is 3. The normalized spacial score (nSPS) is 19.7. The van der Waals surface area contributed by atoms with Crippen LogP contribution in [0.3, 0.4) is 0 Å². The van der Waals surface area contributed by atoms with E-state index in [1.165, 1.54) is 4.90 Å². The van der Waals surface area contributed by atoms with Gasteiger partial charge in [-0.1, -0.05) is 18.2 Å². The molecule has 3 amide bonds. The van der Waals surface area contributed by atoms with Crippen molar-refractivity contribution in [1.29, 1.82) is 0 Å². The average Bonchev–Trinajstić information content (AvgIpc) is 3.39. The van der Waals surface area contributed by atoms with Gasteiger partial charge in [0.1, 0.15) is 5.75 Å². The van der Waals surface area contributed by atoms with Crippen molar-refractivity contribution in [2.45, 2.75) is 44.4 Å². The van der Waals surface area contributed by atoms with Crippen molar-refractivity contribution in [2.24, 2.45) is 0 Å².